The van der Waals surface area contributed by atoms with Crippen molar-refractivity contribution in [3.63, 3.8) is 0 Å². The third-order valence-corrected chi connectivity index (χ3v) is 5.69. The second-order valence-electron chi connectivity index (χ2n) is 6.36. The predicted molar refractivity (Wildman–Crippen MR) is 94.8 cm³/mol. The van der Waals surface area contributed by atoms with Gasteiger partial charge in [0, 0.05) is 29.8 Å². The lowest BCUT2D eigenvalue weighted by Crippen LogP contribution is -2.49. The Morgan fingerprint density at radius 2 is 1.92 bits per heavy atom. The quantitative estimate of drug-likeness (QED) is 0.769. The fraction of sp³-hybridized carbons (Fsp3) is 0.529. The van der Waals surface area contributed by atoms with Crippen LogP contribution < -0.4 is 16.4 Å². The van der Waals surface area contributed by atoms with Crippen molar-refractivity contribution in [2.24, 2.45) is 5.73 Å². The minimum absolute atomic E-state index is 0.0809. The molecule has 7 heteroatoms. The molecular formula is C17H24N4O2S. The van der Waals surface area contributed by atoms with Crippen molar-refractivity contribution in [1.82, 2.24) is 15.5 Å². The molecule has 0 aliphatic carbocycles. The molecule has 6 nitrogen and oxygen atoms in total. The highest BCUT2D eigenvalue weighted by Crippen LogP contribution is 2.35. The number of hydrogen-bond donors (Lipinski definition) is 3. The van der Waals surface area contributed by atoms with Crippen LogP contribution in [0.15, 0.2) is 29.2 Å². The van der Waals surface area contributed by atoms with E-state index in [1.807, 2.05) is 28.8 Å². The molecule has 1 aromatic carbocycles. The summed E-state index contributed by atoms with van der Waals surface area (Å²) < 4.78 is 0. The van der Waals surface area contributed by atoms with E-state index in [2.05, 4.69) is 22.8 Å². The molecule has 1 atom stereocenters. The molecule has 1 saturated heterocycles. The molecule has 4 N–H and O–H groups in total. The number of benzene rings is 1. The normalized spacial score (nSPS) is 21.8. The molecule has 24 heavy (non-hydrogen) atoms. The maximum atomic E-state index is 12.3. The lowest BCUT2D eigenvalue weighted by Gasteiger charge is -2.32. The summed E-state index contributed by atoms with van der Waals surface area (Å²) in [6, 6.07) is 8.39. The van der Waals surface area contributed by atoms with E-state index in [0.717, 1.165) is 38.1 Å². The van der Waals surface area contributed by atoms with Gasteiger partial charge in [-0.3, -0.25) is 9.69 Å². The number of thioether (sulfide) groups is 1. The molecule has 3 rings (SSSR count). The third-order valence-electron chi connectivity index (χ3n) is 4.57. The van der Waals surface area contributed by atoms with E-state index in [4.69, 9.17) is 5.73 Å². The molecule has 1 fully saturated rings. The molecule has 0 radical (unpaired) electrons. The Labute approximate surface area is 146 Å². The number of carbonyl (C=O) groups excluding carboxylic acids is 2. The van der Waals surface area contributed by atoms with Crippen LogP contribution >= 0.6 is 11.8 Å². The van der Waals surface area contributed by atoms with Crippen molar-refractivity contribution >= 4 is 23.7 Å². The number of piperidine rings is 1. The summed E-state index contributed by atoms with van der Waals surface area (Å²) in [6.07, 6.45) is 2.64. The van der Waals surface area contributed by atoms with E-state index in [9.17, 15) is 9.59 Å². The second-order valence-corrected chi connectivity index (χ2v) is 7.50. The molecule has 2 aliphatic heterocycles. The van der Waals surface area contributed by atoms with Crippen molar-refractivity contribution in [1.29, 1.82) is 0 Å². The molecule has 2 heterocycles. The Morgan fingerprint density at radius 1 is 1.17 bits per heavy atom. The van der Waals surface area contributed by atoms with Crippen LogP contribution in [-0.2, 0) is 4.79 Å². The topological polar surface area (TPSA) is 87.5 Å². The van der Waals surface area contributed by atoms with Gasteiger partial charge in [0.25, 0.3) is 0 Å². The third kappa shape index (κ3) is 4.42. The average Bonchev–Trinajstić information content (AvgIpc) is 2.56. The molecule has 0 unspecified atom stereocenters. The molecular weight excluding hydrogens is 324 g/mol. The summed E-state index contributed by atoms with van der Waals surface area (Å²) in [5.74, 6) is 0.723. The number of fused-ring (bicyclic) bond motifs is 1. The van der Waals surface area contributed by atoms with Crippen LogP contribution in [0.2, 0.25) is 0 Å². The van der Waals surface area contributed by atoms with Crippen molar-refractivity contribution in [3.8, 4) is 0 Å². The van der Waals surface area contributed by atoms with Crippen molar-refractivity contribution in [2.45, 2.75) is 36.2 Å². The van der Waals surface area contributed by atoms with Gasteiger partial charge in [-0.1, -0.05) is 18.2 Å². The Bertz CT molecular complexity index is 602. The largest absolute Gasteiger partial charge is 0.369 e. The summed E-state index contributed by atoms with van der Waals surface area (Å²) in [7, 11) is 0. The predicted octanol–water partition coefficient (Wildman–Crippen LogP) is 1.47. The molecule has 0 aromatic heterocycles. The highest BCUT2D eigenvalue weighted by atomic mass is 32.2. The molecule has 3 amide bonds. The summed E-state index contributed by atoms with van der Waals surface area (Å²) in [5.41, 5.74) is 6.43. The fourth-order valence-corrected chi connectivity index (χ4v) is 4.46. The van der Waals surface area contributed by atoms with Crippen molar-refractivity contribution in [2.75, 3.05) is 25.4 Å². The summed E-state index contributed by atoms with van der Waals surface area (Å²) in [4.78, 5) is 26.6. The first-order valence-corrected chi connectivity index (χ1v) is 9.40. The summed E-state index contributed by atoms with van der Waals surface area (Å²) >= 11 is 1.85. The first kappa shape index (κ1) is 17.1. The number of rotatable bonds is 4. The smallest absolute Gasteiger partial charge is 0.315 e. The Morgan fingerprint density at radius 3 is 2.67 bits per heavy atom. The second kappa shape index (κ2) is 7.90. The molecule has 130 valence electrons. The number of primary amides is 1. The van der Waals surface area contributed by atoms with Crippen LogP contribution in [-0.4, -0.2) is 48.3 Å². The number of likely N-dealkylation sites (tertiary alicyclic amines) is 1. The number of urea groups is 1. The minimum Gasteiger partial charge on any atom is -0.369 e. The first-order valence-electron chi connectivity index (χ1n) is 8.41. The van der Waals surface area contributed by atoms with Gasteiger partial charge in [-0.25, -0.2) is 4.79 Å². The molecule has 0 bridgehead atoms. The zero-order chi connectivity index (χ0) is 16.9. The maximum Gasteiger partial charge on any atom is 0.315 e. The van der Waals surface area contributed by atoms with Gasteiger partial charge in [0.05, 0.1) is 12.6 Å². The number of hydrogen-bond acceptors (Lipinski definition) is 4. The van der Waals surface area contributed by atoms with E-state index in [1.165, 1.54) is 10.5 Å². The van der Waals surface area contributed by atoms with E-state index < -0.39 is 0 Å². The van der Waals surface area contributed by atoms with Gasteiger partial charge < -0.3 is 16.4 Å². The monoisotopic (exact) mass is 348 g/mol. The number of nitrogens with two attached hydrogens (primary N) is 1. The molecule has 0 spiro atoms. The van der Waals surface area contributed by atoms with Crippen LogP contribution in [0.25, 0.3) is 0 Å². The van der Waals surface area contributed by atoms with E-state index in [-0.39, 0.29) is 24.0 Å². The van der Waals surface area contributed by atoms with Crippen LogP contribution in [0, 0.1) is 0 Å². The Balaban J connectivity index is 1.48. The van der Waals surface area contributed by atoms with Crippen LogP contribution in [0.1, 0.15) is 30.9 Å². The van der Waals surface area contributed by atoms with E-state index in [0.29, 0.717) is 6.54 Å². The van der Waals surface area contributed by atoms with Gasteiger partial charge in [0.2, 0.25) is 5.91 Å². The standard InChI is InChI=1S/C17H24N4O2S/c18-16(22)11-21-8-5-12(6-9-21)19-17(23)20-14-7-10-24-15-4-2-1-3-13(14)15/h1-4,12,14H,5-11H2,(H2,18,22)(H2,19,20,23)/t14-/m0/s1. The lowest BCUT2D eigenvalue weighted by molar-refractivity contribution is -0.119. The number of nitrogens with zero attached hydrogens (tertiary/aromatic N) is 1. The van der Waals surface area contributed by atoms with Gasteiger partial charge in [0.1, 0.15) is 0 Å². The van der Waals surface area contributed by atoms with Gasteiger partial charge in [0.15, 0.2) is 0 Å². The minimum atomic E-state index is -0.298. The van der Waals surface area contributed by atoms with Crippen molar-refractivity contribution in [3.05, 3.63) is 29.8 Å². The Kier molecular flexibility index (Phi) is 5.63. The lowest BCUT2D eigenvalue weighted by atomic mass is 10.0. The maximum absolute atomic E-state index is 12.3. The van der Waals surface area contributed by atoms with E-state index in [1.54, 1.807) is 0 Å². The van der Waals surface area contributed by atoms with Crippen molar-refractivity contribution < 1.29 is 9.59 Å². The van der Waals surface area contributed by atoms with E-state index >= 15 is 0 Å². The SMILES string of the molecule is NC(=O)CN1CCC(NC(=O)N[C@H]2CCSc3ccccc32)CC1. The number of nitrogens with one attached hydrogen (secondary N) is 2. The van der Waals surface area contributed by atoms with Crippen LogP contribution in [0.4, 0.5) is 4.79 Å². The molecule has 2 aliphatic rings. The fourth-order valence-electron chi connectivity index (χ4n) is 3.33. The van der Waals surface area contributed by atoms with Crippen LogP contribution in [0.5, 0.6) is 0 Å². The highest BCUT2D eigenvalue weighted by molar-refractivity contribution is 7.99. The van der Waals surface area contributed by atoms with Gasteiger partial charge in [-0.05, 0) is 30.9 Å². The molecule has 0 saturated carbocycles. The summed E-state index contributed by atoms with van der Waals surface area (Å²) in [6.45, 7) is 1.88. The molecule has 1 aromatic rings. The highest BCUT2D eigenvalue weighted by Gasteiger charge is 2.25. The number of carbonyl (C=O) groups is 2. The van der Waals surface area contributed by atoms with Gasteiger partial charge in [-0.2, -0.15) is 0 Å². The first-order chi connectivity index (χ1) is 11.6. The average molecular weight is 348 g/mol. The zero-order valence-electron chi connectivity index (χ0n) is 13.7. The number of amides is 3. The van der Waals surface area contributed by atoms with Gasteiger partial charge in [-0.15, -0.1) is 11.8 Å². The van der Waals surface area contributed by atoms with Crippen LogP contribution in [0.3, 0.4) is 0 Å². The Hall–Kier alpha value is -1.73. The van der Waals surface area contributed by atoms with Gasteiger partial charge >= 0.3 is 6.03 Å². The summed E-state index contributed by atoms with van der Waals surface area (Å²) in [5, 5.41) is 6.19. The zero-order valence-corrected chi connectivity index (χ0v) is 14.5.